The van der Waals surface area contributed by atoms with Crippen LogP contribution < -0.4 is 5.32 Å². The number of aryl methyl sites for hydroxylation is 1. The summed E-state index contributed by atoms with van der Waals surface area (Å²) in [5.41, 5.74) is 1.79. The number of carboxylic acid groups (broad SMARTS) is 1. The molecule has 1 aliphatic rings. The minimum atomic E-state index is -0.927. The molecule has 0 saturated heterocycles. The number of pyridine rings is 1. The summed E-state index contributed by atoms with van der Waals surface area (Å²) in [5.74, 6) is -0.237. The van der Waals surface area contributed by atoms with Crippen molar-refractivity contribution in [1.29, 1.82) is 0 Å². The van der Waals surface area contributed by atoms with E-state index in [4.69, 9.17) is 5.11 Å². The second-order valence-electron chi connectivity index (χ2n) is 4.33. The Hall–Kier alpha value is -1.58. The van der Waals surface area contributed by atoms with E-state index in [9.17, 15) is 4.79 Å². The Bertz CT molecular complexity index is 417. The van der Waals surface area contributed by atoms with Gasteiger partial charge < -0.3 is 10.4 Å². The molecule has 2 rings (SSSR count). The maximum atomic E-state index is 11.0. The summed E-state index contributed by atoms with van der Waals surface area (Å²) in [6.07, 6.45) is 3.70. The van der Waals surface area contributed by atoms with E-state index < -0.39 is 5.97 Å². The van der Waals surface area contributed by atoms with Crippen LogP contribution in [-0.2, 0) is 0 Å². The van der Waals surface area contributed by atoms with E-state index in [1.807, 2.05) is 6.92 Å². The lowest BCUT2D eigenvalue weighted by molar-refractivity contribution is 0.0697. The first kappa shape index (κ1) is 10.9. The third kappa shape index (κ3) is 2.15. The SMILES string of the molecule is CCC1CC1Nc1cc(C)ncc1C(=O)O. The molecule has 1 heterocycles. The summed E-state index contributed by atoms with van der Waals surface area (Å²) < 4.78 is 0. The first-order valence-electron chi connectivity index (χ1n) is 5.58. The molecule has 2 atom stereocenters. The fourth-order valence-corrected chi connectivity index (χ4v) is 1.92. The quantitative estimate of drug-likeness (QED) is 0.817. The fourth-order valence-electron chi connectivity index (χ4n) is 1.92. The van der Waals surface area contributed by atoms with E-state index in [1.165, 1.54) is 6.20 Å². The van der Waals surface area contributed by atoms with Crippen LogP contribution in [0, 0.1) is 12.8 Å². The van der Waals surface area contributed by atoms with Gasteiger partial charge in [0.1, 0.15) is 5.56 Å². The Morgan fingerprint density at radius 2 is 2.44 bits per heavy atom. The second kappa shape index (κ2) is 4.12. The summed E-state index contributed by atoms with van der Waals surface area (Å²) in [6.45, 7) is 4.02. The number of carboxylic acids is 1. The van der Waals surface area contributed by atoms with E-state index in [0.29, 0.717) is 17.6 Å². The van der Waals surface area contributed by atoms with Crippen molar-refractivity contribution in [2.75, 3.05) is 5.32 Å². The maximum Gasteiger partial charge on any atom is 0.339 e. The van der Waals surface area contributed by atoms with Gasteiger partial charge in [-0.15, -0.1) is 0 Å². The highest BCUT2D eigenvalue weighted by Gasteiger charge is 2.35. The molecule has 1 aromatic rings. The van der Waals surface area contributed by atoms with Crippen LogP contribution in [0.5, 0.6) is 0 Å². The molecule has 1 aliphatic carbocycles. The lowest BCUT2D eigenvalue weighted by Crippen LogP contribution is -2.10. The number of aromatic carboxylic acids is 1. The van der Waals surface area contributed by atoms with Crippen molar-refractivity contribution in [2.45, 2.75) is 32.7 Å². The van der Waals surface area contributed by atoms with Gasteiger partial charge in [0.15, 0.2) is 0 Å². The van der Waals surface area contributed by atoms with E-state index in [1.54, 1.807) is 6.07 Å². The van der Waals surface area contributed by atoms with Gasteiger partial charge in [-0.3, -0.25) is 4.98 Å². The average Bonchev–Trinajstić information content (AvgIpc) is 2.96. The van der Waals surface area contributed by atoms with Gasteiger partial charge in [0, 0.05) is 17.9 Å². The molecule has 4 heteroatoms. The number of nitrogens with one attached hydrogen (secondary N) is 1. The molecule has 86 valence electrons. The molecule has 0 amide bonds. The van der Waals surface area contributed by atoms with Crippen LogP contribution in [0.2, 0.25) is 0 Å². The summed E-state index contributed by atoms with van der Waals surface area (Å²) in [5, 5.41) is 12.3. The Kier molecular flexibility index (Phi) is 2.81. The normalized spacial score (nSPS) is 22.9. The van der Waals surface area contributed by atoms with Gasteiger partial charge in [-0.2, -0.15) is 0 Å². The summed E-state index contributed by atoms with van der Waals surface area (Å²) in [6, 6.07) is 2.24. The van der Waals surface area contributed by atoms with Gasteiger partial charge in [0.2, 0.25) is 0 Å². The topological polar surface area (TPSA) is 62.2 Å². The minimum Gasteiger partial charge on any atom is -0.478 e. The molecule has 0 aromatic carbocycles. The number of carbonyl (C=O) groups is 1. The largest absolute Gasteiger partial charge is 0.478 e. The summed E-state index contributed by atoms with van der Waals surface area (Å²) in [7, 11) is 0. The standard InChI is InChI=1S/C12H16N2O2/c1-3-8-5-10(8)14-11-4-7(2)13-6-9(11)12(15)16/h4,6,8,10H,3,5H2,1-2H3,(H,13,14)(H,15,16). The maximum absolute atomic E-state index is 11.0. The van der Waals surface area contributed by atoms with Gasteiger partial charge in [0.25, 0.3) is 0 Å². The molecule has 0 bridgehead atoms. The average molecular weight is 220 g/mol. The molecule has 0 spiro atoms. The van der Waals surface area contributed by atoms with Crippen molar-refractivity contribution < 1.29 is 9.90 Å². The number of hydrogen-bond donors (Lipinski definition) is 2. The predicted octanol–water partition coefficient (Wildman–Crippen LogP) is 2.30. The Balaban J connectivity index is 2.18. The molecule has 2 N–H and O–H groups in total. The number of aromatic nitrogens is 1. The molecule has 1 fully saturated rings. The molecule has 2 unspecified atom stereocenters. The zero-order chi connectivity index (χ0) is 11.7. The van der Waals surface area contributed by atoms with Gasteiger partial charge in [-0.25, -0.2) is 4.79 Å². The first-order valence-corrected chi connectivity index (χ1v) is 5.58. The highest BCUT2D eigenvalue weighted by atomic mass is 16.4. The monoisotopic (exact) mass is 220 g/mol. The number of anilines is 1. The Labute approximate surface area is 94.7 Å². The highest BCUT2D eigenvalue weighted by Crippen LogP contribution is 2.36. The van der Waals surface area contributed by atoms with Gasteiger partial charge in [0.05, 0.1) is 5.69 Å². The molecule has 0 aliphatic heterocycles. The van der Waals surface area contributed by atoms with Crippen LogP contribution >= 0.6 is 0 Å². The van der Waals surface area contributed by atoms with Crippen molar-refractivity contribution in [3.8, 4) is 0 Å². The van der Waals surface area contributed by atoms with E-state index in [2.05, 4.69) is 17.2 Å². The van der Waals surface area contributed by atoms with Crippen molar-refractivity contribution >= 4 is 11.7 Å². The second-order valence-corrected chi connectivity index (χ2v) is 4.33. The van der Waals surface area contributed by atoms with Crippen molar-refractivity contribution in [3.05, 3.63) is 23.5 Å². The number of rotatable bonds is 4. The van der Waals surface area contributed by atoms with E-state index >= 15 is 0 Å². The van der Waals surface area contributed by atoms with Crippen LogP contribution in [-0.4, -0.2) is 22.1 Å². The smallest absolute Gasteiger partial charge is 0.339 e. The summed E-state index contributed by atoms with van der Waals surface area (Å²) >= 11 is 0. The lowest BCUT2D eigenvalue weighted by Gasteiger charge is -2.09. The van der Waals surface area contributed by atoms with Gasteiger partial charge >= 0.3 is 5.97 Å². The van der Waals surface area contributed by atoms with E-state index in [0.717, 1.165) is 18.5 Å². The molecule has 1 aromatic heterocycles. The zero-order valence-corrected chi connectivity index (χ0v) is 9.53. The Morgan fingerprint density at radius 3 is 3.00 bits per heavy atom. The number of hydrogen-bond acceptors (Lipinski definition) is 3. The van der Waals surface area contributed by atoms with E-state index in [-0.39, 0.29) is 5.56 Å². The molecular formula is C12H16N2O2. The van der Waals surface area contributed by atoms with Crippen LogP contribution in [0.15, 0.2) is 12.3 Å². The molecule has 0 radical (unpaired) electrons. The molecular weight excluding hydrogens is 204 g/mol. The van der Waals surface area contributed by atoms with Crippen molar-refractivity contribution in [1.82, 2.24) is 4.98 Å². The summed E-state index contributed by atoms with van der Waals surface area (Å²) in [4.78, 5) is 15.0. The van der Waals surface area contributed by atoms with Crippen LogP contribution in [0.4, 0.5) is 5.69 Å². The van der Waals surface area contributed by atoms with Crippen LogP contribution in [0.1, 0.15) is 35.8 Å². The number of nitrogens with zero attached hydrogens (tertiary/aromatic N) is 1. The first-order chi connectivity index (χ1) is 7.61. The van der Waals surface area contributed by atoms with Crippen LogP contribution in [0.3, 0.4) is 0 Å². The molecule has 1 saturated carbocycles. The fraction of sp³-hybridized carbons (Fsp3) is 0.500. The molecule has 4 nitrogen and oxygen atoms in total. The molecule has 16 heavy (non-hydrogen) atoms. The Morgan fingerprint density at radius 1 is 1.69 bits per heavy atom. The van der Waals surface area contributed by atoms with Crippen LogP contribution in [0.25, 0.3) is 0 Å². The minimum absolute atomic E-state index is 0.257. The third-order valence-electron chi connectivity index (χ3n) is 3.06. The van der Waals surface area contributed by atoms with Gasteiger partial charge in [-0.05, 0) is 25.3 Å². The third-order valence-corrected chi connectivity index (χ3v) is 3.06. The highest BCUT2D eigenvalue weighted by molar-refractivity contribution is 5.94. The predicted molar refractivity (Wildman–Crippen MR) is 61.7 cm³/mol. The van der Waals surface area contributed by atoms with Crippen molar-refractivity contribution in [3.63, 3.8) is 0 Å². The van der Waals surface area contributed by atoms with Crippen molar-refractivity contribution in [2.24, 2.45) is 5.92 Å². The lowest BCUT2D eigenvalue weighted by atomic mass is 10.2. The van der Waals surface area contributed by atoms with Gasteiger partial charge in [-0.1, -0.05) is 13.3 Å². The zero-order valence-electron chi connectivity index (χ0n) is 9.53.